The minimum atomic E-state index is -0.119. The highest BCUT2D eigenvalue weighted by Gasteiger charge is 2.00. The summed E-state index contributed by atoms with van der Waals surface area (Å²) in [5.41, 5.74) is 0. The fourth-order valence-corrected chi connectivity index (χ4v) is 1.63. The van der Waals surface area contributed by atoms with Crippen molar-refractivity contribution in [1.82, 2.24) is 0 Å². The number of ether oxygens (including phenoxy) is 1. The summed E-state index contributed by atoms with van der Waals surface area (Å²) in [5, 5.41) is 0.162. The summed E-state index contributed by atoms with van der Waals surface area (Å²) in [7, 11) is 0. The van der Waals surface area contributed by atoms with E-state index >= 15 is 0 Å². The second kappa shape index (κ2) is 9.06. The fourth-order valence-electron chi connectivity index (χ4n) is 0.997. The Kier molecular flexibility index (Phi) is 8.73. The highest BCUT2D eigenvalue weighted by molar-refractivity contribution is 8.13. The summed E-state index contributed by atoms with van der Waals surface area (Å²) in [5.74, 6) is 0.741. The van der Waals surface area contributed by atoms with E-state index in [2.05, 4.69) is 0 Å². The highest BCUT2D eigenvalue weighted by Crippen LogP contribution is 2.08. The van der Waals surface area contributed by atoms with Gasteiger partial charge in [-0.2, -0.15) is 0 Å². The smallest absolute Gasteiger partial charge is 0.305 e. The molecule has 14 heavy (non-hydrogen) atoms. The van der Waals surface area contributed by atoms with Gasteiger partial charge in [-0.3, -0.25) is 9.59 Å². The Labute approximate surface area is 89.6 Å². The van der Waals surface area contributed by atoms with Crippen LogP contribution in [0.15, 0.2) is 0 Å². The van der Waals surface area contributed by atoms with Crippen LogP contribution in [-0.4, -0.2) is 23.4 Å². The van der Waals surface area contributed by atoms with Gasteiger partial charge >= 0.3 is 5.97 Å². The van der Waals surface area contributed by atoms with Gasteiger partial charge in [0.25, 0.3) is 0 Å². The molecule has 0 saturated heterocycles. The lowest BCUT2D eigenvalue weighted by atomic mass is 10.2. The number of carbonyl (C=O) groups excluding carboxylic acids is 2. The molecule has 0 amide bonds. The van der Waals surface area contributed by atoms with Crippen LogP contribution in [0, 0.1) is 0 Å². The lowest BCUT2D eigenvalue weighted by Crippen LogP contribution is -2.03. The molecular formula is C10H18O3S. The van der Waals surface area contributed by atoms with Crippen LogP contribution in [0.1, 0.15) is 39.5 Å². The first kappa shape index (κ1) is 13.5. The van der Waals surface area contributed by atoms with Gasteiger partial charge in [0.05, 0.1) is 6.61 Å². The van der Waals surface area contributed by atoms with Crippen molar-refractivity contribution in [3.63, 3.8) is 0 Å². The van der Waals surface area contributed by atoms with Gasteiger partial charge in [0.2, 0.25) is 0 Å². The van der Waals surface area contributed by atoms with E-state index in [1.165, 1.54) is 11.8 Å². The van der Waals surface area contributed by atoms with Gasteiger partial charge in [-0.25, -0.2) is 0 Å². The van der Waals surface area contributed by atoms with Crippen molar-refractivity contribution in [1.29, 1.82) is 0 Å². The van der Waals surface area contributed by atoms with E-state index in [-0.39, 0.29) is 11.1 Å². The van der Waals surface area contributed by atoms with Crippen molar-refractivity contribution in [3.05, 3.63) is 0 Å². The molecule has 0 rings (SSSR count). The summed E-state index contributed by atoms with van der Waals surface area (Å²) in [6, 6.07) is 0. The second-order valence-electron chi connectivity index (χ2n) is 2.96. The number of thioether (sulfide) groups is 1. The average molecular weight is 218 g/mol. The summed E-state index contributed by atoms with van der Waals surface area (Å²) >= 11 is 1.35. The first-order chi connectivity index (χ1) is 6.66. The van der Waals surface area contributed by atoms with Gasteiger partial charge < -0.3 is 4.74 Å². The van der Waals surface area contributed by atoms with E-state index < -0.39 is 0 Å². The van der Waals surface area contributed by atoms with Crippen molar-refractivity contribution in [2.75, 3.05) is 12.4 Å². The quantitative estimate of drug-likeness (QED) is 0.486. The Hall–Kier alpha value is -0.510. The molecule has 0 aromatic heterocycles. The molecule has 0 bridgehead atoms. The third kappa shape index (κ3) is 9.58. The molecule has 0 saturated carbocycles. The molecule has 4 heteroatoms. The molecule has 0 aliphatic carbocycles. The normalized spacial score (nSPS) is 9.86. The zero-order chi connectivity index (χ0) is 10.8. The molecule has 0 aliphatic heterocycles. The number of rotatable bonds is 7. The zero-order valence-electron chi connectivity index (χ0n) is 8.88. The van der Waals surface area contributed by atoms with Crippen molar-refractivity contribution in [2.45, 2.75) is 39.5 Å². The summed E-state index contributed by atoms with van der Waals surface area (Å²) in [6.07, 6.45) is 3.33. The molecule has 0 aromatic rings. The predicted octanol–water partition coefficient (Wildman–Crippen LogP) is 2.39. The summed E-state index contributed by atoms with van der Waals surface area (Å²) < 4.78 is 4.79. The van der Waals surface area contributed by atoms with Crippen LogP contribution in [-0.2, 0) is 14.3 Å². The first-order valence-corrected chi connectivity index (χ1v) is 5.94. The number of unbranched alkanes of at least 4 members (excludes halogenated alkanes) is 2. The van der Waals surface area contributed by atoms with E-state index in [0.29, 0.717) is 13.0 Å². The maximum atomic E-state index is 10.9. The maximum Gasteiger partial charge on any atom is 0.305 e. The monoisotopic (exact) mass is 218 g/mol. The number of hydrogen-bond donors (Lipinski definition) is 0. The van der Waals surface area contributed by atoms with Crippen LogP contribution < -0.4 is 0 Å². The van der Waals surface area contributed by atoms with Gasteiger partial charge in [0, 0.05) is 19.1 Å². The second-order valence-corrected chi connectivity index (χ2v) is 4.23. The molecule has 0 radical (unpaired) electrons. The van der Waals surface area contributed by atoms with Gasteiger partial charge in [-0.1, -0.05) is 18.2 Å². The summed E-state index contributed by atoms with van der Waals surface area (Å²) in [4.78, 5) is 21.5. The van der Waals surface area contributed by atoms with Crippen molar-refractivity contribution in [3.8, 4) is 0 Å². The molecule has 0 N–H and O–H groups in total. The third-order valence-corrected chi connectivity index (χ3v) is 2.54. The molecule has 3 nitrogen and oxygen atoms in total. The molecule has 0 aliphatic rings. The van der Waals surface area contributed by atoms with E-state index in [4.69, 9.17) is 4.74 Å². The van der Waals surface area contributed by atoms with Crippen LogP contribution >= 0.6 is 11.8 Å². The SMILES string of the molecule is CCOC(=O)CCCCCSC(C)=O. The molecule has 82 valence electrons. The minimum absolute atomic E-state index is 0.119. The Morgan fingerprint density at radius 1 is 1.21 bits per heavy atom. The van der Waals surface area contributed by atoms with E-state index in [1.54, 1.807) is 13.8 Å². The molecule has 0 heterocycles. The van der Waals surface area contributed by atoms with Gasteiger partial charge in [-0.05, 0) is 19.8 Å². The van der Waals surface area contributed by atoms with Crippen molar-refractivity contribution < 1.29 is 14.3 Å². The fraction of sp³-hybridized carbons (Fsp3) is 0.800. The summed E-state index contributed by atoms with van der Waals surface area (Å²) in [6.45, 7) is 3.84. The Morgan fingerprint density at radius 2 is 1.93 bits per heavy atom. The average Bonchev–Trinajstić information content (AvgIpc) is 2.11. The highest BCUT2D eigenvalue weighted by atomic mass is 32.2. The van der Waals surface area contributed by atoms with Gasteiger partial charge in [0.15, 0.2) is 5.12 Å². The Balaban J connectivity index is 3.13. The predicted molar refractivity (Wildman–Crippen MR) is 58.2 cm³/mol. The van der Waals surface area contributed by atoms with Crippen LogP contribution in [0.4, 0.5) is 0 Å². The topological polar surface area (TPSA) is 43.4 Å². The van der Waals surface area contributed by atoms with Crippen LogP contribution in [0.25, 0.3) is 0 Å². The third-order valence-electron chi connectivity index (χ3n) is 1.64. The maximum absolute atomic E-state index is 10.9. The molecule has 0 atom stereocenters. The van der Waals surface area contributed by atoms with E-state index in [9.17, 15) is 9.59 Å². The molecule has 0 fully saturated rings. The van der Waals surface area contributed by atoms with Gasteiger partial charge in [-0.15, -0.1) is 0 Å². The number of esters is 1. The lowest BCUT2D eigenvalue weighted by molar-refractivity contribution is -0.143. The van der Waals surface area contributed by atoms with Crippen LogP contribution in [0.2, 0.25) is 0 Å². The largest absolute Gasteiger partial charge is 0.466 e. The van der Waals surface area contributed by atoms with Crippen molar-refractivity contribution in [2.24, 2.45) is 0 Å². The number of hydrogen-bond acceptors (Lipinski definition) is 4. The van der Waals surface area contributed by atoms with E-state index in [1.807, 2.05) is 0 Å². The molecule has 0 unspecified atom stereocenters. The van der Waals surface area contributed by atoms with Crippen LogP contribution in [0.3, 0.4) is 0 Å². The first-order valence-electron chi connectivity index (χ1n) is 4.95. The number of carbonyl (C=O) groups is 2. The van der Waals surface area contributed by atoms with Crippen LogP contribution in [0.5, 0.6) is 0 Å². The van der Waals surface area contributed by atoms with Gasteiger partial charge in [0.1, 0.15) is 0 Å². The Bertz CT molecular complexity index is 180. The standard InChI is InChI=1S/C10H18O3S/c1-3-13-10(12)7-5-4-6-8-14-9(2)11/h3-8H2,1-2H3. The molecular weight excluding hydrogens is 200 g/mol. The zero-order valence-corrected chi connectivity index (χ0v) is 9.69. The lowest BCUT2D eigenvalue weighted by Gasteiger charge is -2.01. The van der Waals surface area contributed by atoms with Crippen molar-refractivity contribution >= 4 is 22.8 Å². The molecule has 0 aromatic carbocycles. The molecule has 0 spiro atoms. The van der Waals surface area contributed by atoms with E-state index in [0.717, 1.165) is 25.0 Å². The Morgan fingerprint density at radius 3 is 2.50 bits per heavy atom. The minimum Gasteiger partial charge on any atom is -0.466 e.